The first kappa shape index (κ1) is 12.6. The van der Waals surface area contributed by atoms with Gasteiger partial charge in [-0.05, 0) is 17.5 Å². The third-order valence-corrected chi connectivity index (χ3v) is 3.73. The molecule has 0 aliphatic carbocycles. The highest BCUT2D eigenvalue weighted by molar-refractivity contribution is 7.15. The van der Waals surface area contributed by atoms with Crippen LogP contribution in [0.3, 0.4) is 0 Å². The van der Waals surface area contributed by atoms with E-state index in [1.54, 1.807) is 6.20 Å². The van der Waals surface area contributed by atoms with Gasteiger partial charge in [0.1, 0.15) is 15.4 Å². The molecular weight excluding hydrogens is 254 g/mol. The molecule has 2 rings (SSSR count). The van der Waals surface area contributed by atoms with Crippen LogP contribution in [0.2, 0.25) is 4.34 Å². The Morgan fingerprint density at radius 3 is 2.59 bits per heavy atom. The molecule has 0 bridgehead atoms. The predicted octanol–water partition coefficient (Wildman–Crippen LogP) is 3.83. The quantitative estimate of drug-likeness (QED) is 0.913. The second kappa shape index (κ2) is 5.63. The lowest BCUT2D eigenvalue weighted by molar-refractivity contribution is 0.220. The van der Waals surface area contributed by atoms with E-state index in [0.717, 1.165) is 18.4 Å². The maximum Gasteiger partial charge on any atom is 0.131 e. The number of benzene rings is 1. The van der Waals surface area contributed by atoms with E-state index >= 15 is 0 Å². The molecule has 0 radical (unpaired) electrons. The van der Waals surface area contributed by atoms with Crippen molar-refractivity contribution < 1.29 is 5.11 Å². The van der Waals surface area contributed by atoms with E-state index in [0.29, 0.717) is 9.34 Å². The second-order valence-electron chi connectivity index (χ2n) is 3.90. The molecule has 0 amide bonds. The smallest absolute Gasteiger partial charge is 0.131 e. The number of aliphatic hydroxyl groups excluding tert-OH is 1. The van der Waals surface area contributed by atoms with Crippen LogP contribution in [0.5, 0.6) is 0 Å². The maximum absolute atomic E-state index is 10.1. The minimum atomic E-state index is -0.678. The van der Waals surface area contributed by atoms with Crippen LogP contribution >= 0.6 is 22.9 Å². The summed E-state index contributed by atoms with van der Waals surface area (Å²) in [6, 6.07) is 8.00. The summed E-state index contributed by atoms with van der Waals surface area (Å²) in [6.45, 7) is 2.15. The van der Waals surface area contributed by atoms with Gasteiger partial charge in [-0.15, -0.1) is 11.3 Å². The van der Waals surface area contributed by atoms with Gasteiger partial charge in [-0.2, -0.15) is 0 Å². The number of hydrogen-bond acceptors (Lipinski definition) is 3. The molecule has 17 heavy (non-hydrogen) atoms. The largest absolute Gasteiger partial charge is 0.381 e. The molecule has 1 heterocycles. The van der Waals surface area contributed by atoms with Crippen molar-refractivity contribution in [1.82, 2.24) is 4.98 Å². The highest BCUT2D eigenvalue weighted by atomic mass is 35.5. The van der Waals surface area contributed by atoms with Gasteiger partial charge in [0, 0.05) is 0 Å². The summed E-state index contributed by atoms with van der Waals surface area (Å²) in [5.41, 5.74) is 2.15. The van der Waals surface area contributed by atoms with E-state index in [1.807, 2.05) is 12.1 Å². The van der Waals surface area contributed by atoms with E-state index in [2.05, 4.69) is 24.0 Å². The van der Waals surface area contributed by atoms with Gasteiger partial charge in [-0.1, -0.05) is 49.2 Å². The zero-order chi connectivity index (χ0) is 12.3. The highest BCUT2D eigenvalue weighted by Crippen LogP contribution is 2.28. The molecule has 0 spiro atoms. The van der Waals surface area contributed by atoms with Gasteiger partial charge < -0.3 is 5.11 Å². The lowest BCUT2D eigenvalue weighted by atomic mass is 10.0. The van der Waals surface area contributed by atoms with E-state index in [-0.39, 0.29) is 0 Å². The number of aryl methyl sites for hydroxylation is 1. The van der Waals surface area contributed by atoms with Crippen LogP contribution in [0, 0.1) is 0 Å². The molecule has 1 N–H and O–H groups in total. The molecule has 90 valence electrons. The Labute approximate surface area is 110 Å². The molecule has 0 aliphatic rings. The average Bonchev–Trinajstić information content (AvgIpc) is 2.76. The van der Waals surface area contributed by atoms with Crippen molar-refractivity contribution in [3.05, 3.63) is 50.9 Å². The number of hydrogen-bond donors (Lipinski definition) is 1. The number of rotatable bonds is 4. The standard InChI is InChI=1S/C13H14ClNOS/c1-2-3-9-4-6-10(7-5-9)12(16)13-15-8-11(14)17-13/h4-8,12,16H,2-3H2,1H3. The topological polar surface area (TPSA) is 33.1 Å². The molecule has 1 unspecified atom stereocenters. The number of halogens is 1. The third kappa shape index (κ3) is 3.06. The van der Waals surface area contributed by atoms with E-state index in [4.69, 9.17) is 11.6 Å². The molecule has 0 saturated carbocycles. The first-order valence-electron chi connectivity index (χ1n) is 5.59. The zero-order valence-electron chi connectivity index (χ0n) is 9.56. The summed E-state index contributed by atoms with van der Waals surface area (Å²) in [6.07, 6.45) is 3.09. The zero-order valence-corrected chi connectivity index (χ0v) is 11.1. The number of aromatic nitrogens is 1. The highest BCUT2D eigenvalue weighted by Gasteiger charge is 2.14. The van der Waals surface area contributed by atoms with Crippen LogP contribution in [0.4, 0.5) is 0 Å². The van der Waals surface area contributed by atoms with Crippen LogP contribution in [-0.4, -0.2) is 10.1 Å². The lowest BCUT2D eigenvalue weighted by Crippen LogP contribution is -1.98. The second-order valence-corrected chi connectivity index (χ2v) is 5.59. The number of nitrogens with zero attached hydrogens (tertiary/aromatic N) is 1. The first-order valence-corrected chi connectivity index (χ1v) is 6.78. The summed E-state index contributed by atoms with van der Waals surface area (Å²) in [4.78, 5) is 4.09. The summed E-state index contributed by atoms with van der Waals surface area (Å²) >= 11 is 7.11. The van der Waals surface area contributed by atoms with Gasteiger partial charge in [0.2, 0.25) is 0 Å². The van der Waals surface area contributed by atoms with Crippen molar-refractivity contribution in [3.8, 4) is 0 Å². The van der Waals surface area contributed by atoms with Crippen molar-refractivity contribution in [3.63, 3.8) is 0 Å². The Kier molecular flexibility index (Phi) is 4.15. The van der Waals surface area contributed by atoms with E-state index in [9.17, 15) is 5.11 Å². The molecule has 0 fully saturated rings. The van der Waals surface area contributed by atoms with Crippen LogP contribution in [0.15, 0.2) is 30.5 Å². The van der Waals surface area contributed by atoms with Crippen LogP contribution in [0.1, 0.15) is 35.6 Å². The first-order chi connectivity index (χ1) is 8.20. The number of aliphatic hydroxyl groups is 1. The summed E-state index contributed by atoms with van der Waals surface area (Å²) in [5, 5.41) is 10.8. The predicted molar refractivity (Wildman–Crippen MR) is 71.6 cm³/mol. The minimum Gasteiger partial charge on any atom is -0.381 e. The van der Waals surface area contributed by atoms with Crippen molar-refractivity contribution in [2.75, 3.05) is 0 Å². The van der Waals surface area contributed by atoms with Crippen LogP contribution in [0.25, 0.3) is 0 Å². The van der Waals surface area contributed by atoms with Crippen LogP contribution in [-0.2, 0) is 6.42 Å². The van der Waals surface area contributed by atoms with Gasteiger partial charge in [-0.3, -0.25) is 0 Å². The SMILES string of the molecule is CCCc1ccc(C(O)c2ncc(Cl)s2)cc1. The summed E-state index contributed by atoms with van der Waals surface area (Å²) in [7, 11) is 0. The van der Waals surface area contributed by atoms with Gasteiger partial charge in [-0.25, -0.2) is 4.98 Å². The fourth-order valence-corrected chi connectivity index (χ4v) is 2.64. The molecule has 1 atom stereocenters. The molecule has 2 aromatic rings. The van der Waals surface area contributed by atoms with Crippen molar-refractivity contribution in [1.29, 1.82) is 0 Å². The van der Waals surface area contributed by atoms with Crippen molar-refractivity contribution >= 4 is 22.9 Å². The number of thiazole rings is 1. The average molecular weight is 268 g/mol. The van der Waals surface area contributed by atoms with Crippen molar-refractivity contribution in [2.45, 2.75) is 25.9 Å². The van der Waals surface area contributed by atoms with Gasteiger partial charge in [0.25, 0.3) is 0 Å². The van der Waals surface area contributed by atoms with Gasteiger partial charge in [0.15, 0.2) is 0 Å². The minimum absolute atomic E-state index is 0.599. The molecule has 0 saturated heterocycles. The van der Waals surface area contributed by atoms with Crippen molar-refractivity contribution in [2.24, 2.45) is 0 Å². The molecule has 1 aromatic carbocycles. The summed E-state index contributed by atoms with van der Waals surface area (Å²) < 4.78 is 0.599. The maximum atomic E-state index is 10.1. The fourth-order valence-electron chi connectivity index (χ4n) is 1.69. The van der Waals surface area contributed by atoms with Gasteiger partial charge in [0.05, 0.1) is 6.20 Å². The molecule has 2 nitrogen and oxygen atoms in total. The van der Waals surface area contributed by atoms with E-state index in [1.165, 1.54) is 16.9 Å². The van der Waals surface area contributed by atoms with Crippen LogP contribution < -0.4 is 0 Å². The fraction of sp³-hybridized carbons (Fsp3) is 0.308. The summed E-state index contributed by atoms with van der Waals surface area (Å²) in [5.74, 6) is 0. The van der Waals surface area contributed by atoms with E-state index < -0.39 is 6.10 Å². The Morgan fingerprint density at radius 1 is 1.35 bits per heavy atom. The third-order valence-electron chi connectivity index (χ3n) is 2.56. The molecule has 1 aromatic heterocycles. The Morgan fingerprint density at radius 2 is 2.06 bits per heavy atom. The lowest BCUT2D eigenvalue weighted by Gasteiger charge is -2.08. The molecule has 4 heteroatoms. The van der Waals surface area contributed by atoms with Gasteiger partial charge >= 0.3 is 0 Å². The normalized spacial score (nSPS) is 12.6. The molecular formula is C13H14ClNOS. The Balaban J connectivity index is 2.16. The monoisotopic (exact) mass is 267 g/mol. The Hall–Kier alpha value is -0.900. The Bertz CT molecular complexity index is 480. The molecule has 0 aliphatic heterocycles.